The van der Waals surface area contributed by atoms with E-state index in [4.69, 9.17) is 21.1 Å². The lowest BCUT2D eigenvalue weighted by atomic mass is 9.85. The topological polar surface area (TPSA) is 59.6 Å². The van der Waals surface area contributed by atoms with Crippen molar-refractivity contribution >= 4 is 35.6 Å². The van der Waals surface area contributed by atoms with E-state index in [0.717, 1.165) is 13.1 Å². The van der Waals surface area contributed by atoms with Crippen molar-refractivity contribution in [1.29, 1.82) is 0 Å². The van der Waals surface area contributed by atoms with Gasteiger partial charge < -0.3 is 20.1 Å². The van der Waals surface area contributed by atoms with Crippen LogP contribution in [0.25, 0.3) is 0 Å². The summed E-state index contributed by atoms with van der Waals surface area (Å²) in [6.45, 7) is 7.77. The molecule has 5 nitrogen and oxygen atoms in total. The van der Waals surface area contributed by atoms with Gasteiger partial charge in [-0.05, 0) is 62.9 Å². The molecule has 26 heavy (non-hydrogen) atoms. The smallest absolute Gasteiger partial charge is 0.224 e. The second kappa shape index (κ2) is 12.4. The zero-order valence-corrected chi connectivity index (χ0v) is 17.1. The minimum absolute atomic E-state index is 0. The highest BCUT2D eigenvalue weighted by molar-refractivity contribution is 6.31. The molecule has 1 fully saturated rings. The van der Waals surface area contributed by atoms with Gasteiger partial charge in [-0.3, -0.25) is 4.79 Å². The van der Waals surface area contributed by atoms with E-state index in [9.17, 15) is 4.79 Å². The van der Waals surface area contributed by atoms with Gasteiger partial charge in [-0.2, -0.15) is 0 Å². The molecule has 2 unspecified atom stereocenters. The molecule has 1 aromatic carbocycles. The van der Waals surface area contributed by atoms with Crippen LogP contribution in [0.2, 0.25) is 5.02 Å². The number of piperidine rings is 1. The maximum Gasteiger partial charge on any atom is 0.224 e. The summed E-state index contributed by atoms with van der Waals surface area (Å²) in [5.74, 6) is 1.51. The quantitative estimate of drug-likeness (QED) is 0.607. The number of halogens is 2. The minimum atomic E-state index is -0.00463. The van der Waals surface area contributed by atoms with E-state index in [-0.39, 0.29) is 18.3 Å². The van der Waals surface area contributed by atoms with E-state index in [1.807, 2.05) is 6.92 Å². The summed E-state index contributed by atoms with van der Waals surface area (Å²) in [5.41, 5.74) is 0.614. The molecule has 0 aromatic heterocycles. The highest BCUT2D eigenvalue weighted by atomic mass is 35.5. The van der Waals surface area contributed by atoms with Crippen LogP contribution < -0.4 is 15.4 Å². The van der Waals surface area contributed by atoms with Crippen molar-refractivity contribution in [3.05, 3.63) is 23.2 Å². The molecule has 0 aliphatic carbocycles. The molecule has 2 atom stereocenters. The van der Waals surface area contributed by atoms with Crippen LogP contribution in [0.4, 0.5) is 5.69 Å². The first-order chi connectivity index (χ1) is 12.1. The lowest BCUT2D eigenvalue weighted by molar-refractivity contribution is -0.117. The predicted octanol–water partition coefficient (Wildman–Crippen LogP) is 4.14. The Labute approximate surface area is 167 Å². The number of carbonyl (C=O) groups excluding carboxylic acids is 1. The first-order valence-electron chi connectivity index (χ1n) is 9.10. The van der Waals surface area contributed by atoms with Crippen LogP contribution in [0.15, 0.2) is 18.2 Å². The Morgan fingerprint density at radius 1 is 1.42 bits per heavy atom. The number of hydrogen-bond donors (Lipinski definition) is 2. The van der Waals surface area contributed by atoms with Crippen LogP contribution >= 0.6 is 24.0 Å². The summed E-state index contributed by atoms with van der Waals surface area (Å²) in [6.07, 6.45) is 2.87. The van der Waals surface area contributed by atoms with Gasteiger partial charge in [0.1, 0.15) is 12.4 Å². The molecule has 0 radical (unpaired) electrons. The van der Waals surface area contributed by atoms with Gasteiger partial charge in [0.2, 0.25) is 5.91 Å². The molecule has 1 heterocycles. The van der Waals surface area contributed by atoms with Gasteiger partial charge in [-0.25, -0.2) is 0 Å². The van der Waals surface area contributed by atoms with Gasteiger partial charge in [0.15, 0.2) is 0 Å². The Morgan fingerprint density at radius 3 is 2.92 bits per heavy atom. The molecule has 2 N–H and O–H groups in total. The normalized spacial score (nSPS) is 17.9. The molecule has 2 rings (SSSR count). The third kappa shape index (κ3) is 7.70. The van der Waals surface area contributed by atoms with Gasteiger partial charge in [0, 0.05) is 18.1 Å². The summed E-state index contributed by atoms with van der Waals surface area (Å²) in [5, 5.41) is 6.93. The summed E-state index contributed by atoms with van der Waals surface area (Å²) in [6, 6.07) is 5.25. The van der Waals surface area contributed by atoms with Crippen LogP contribution in [0, 0.1) is 11.8 Å². The van der Waals surface area contributed by atoms with E-state index >= 15 is 0 Å². The number of anilines is 1. The van der Waals surface area contributed by atoms with Crippen LogP contribution in [0.1, 0.15) is 33.1 Å². The van der Waals surface area contributed by atoms with E-state index in [2.05, 4.69) is 17.6 Å². The fourth-order valence-corrected chi connectivity index (χ4v) is 3.28. The third-order valence-corrected chi connectivity index (χ3v) is 4.79. The number of ether oxygens (including phenoxy) is 2. The molecule has 0 bridgehead atoms. The second-order valence-corrected chi connectivity index (χ2v) is 6.96. The molecule has 1 amide bonds. The average molecular weight is 405 g/mol. The standard InChI is InChI=1S/C19H29ClN2O3.ClH/c1-3-24-9-10-25-18-7-6-16(20)12-17(18)22-19(23)11-14(2)15-5-4-8-21-13-15;/h6-7,12,14-15,21H,3-5,8-11,13H2,1-2H3,(H,22,23);1H. The number of hydrogen-bond acceptors (Lipinski definition) is 4. The van der Waals surface area contributed by atoms with Crippen molar-refractivity contribution in [2.24, 2.45) is 11.8 Å². The Balaban J connectivity index is 0.00000338. The van der Waals surface area contributed by atoms with Gasteiger partial charge in [0.05, 0.1) is 12.3 Å². The largest absolute Gasteiger partial charge is 0.489 e. The van der Waals surface area contributed by atoms with E-state index < -0.39 is 0 Å². The molecule has 0 spiro atoms. The fraction of sp³-hybridized carbons (Fsp3) is 0.632. The van der Waals surface area contributed by atoms with Crippen molar-refractivity contribution in [2.75, 3.05) is 38.2 Å². The van der Waals surface area contributed by atoms with Crippen LogP contribution in [-0.2, 0) is 9.53 Å². The van der Waals surface area contributed by atoms with E-state index in [1.165, 1.54) is 12.8 Å². The van der Waals surface area contributed by atoms with Gasteiger partial charge in [-0.1, -0.05) is 18.5 Å². The molecular weight excluding hydrogens is 375 g/mol. The molecule has 7 heteroatoms. The Kier molecular flexibility index (Phi) is 11.0. The highest BCUT2D eigenvalue weighted by Crippen LogP contribution is 2.29. The number of rotatable bonds is 9. The fourth-order valence-electron chi connectivity index (χ4n) is 3.11. The molecule has 1 aliphatic rings. The molecule has 0 saturated carbocycles. The Bertz CT molecular complexity index is 552. The van der Waals surface area contributed by atoms with Gasteiger partial charge in [-0.15, -0.1) is 12.4 Å². The zero-order valence-electron chi connectivity index (χ0n) is 15.6. The summed E-state index contributed by atoms with van der Waals surface area (Å²) in [7, 11) is 0. The molecule has 1 aliphatic heterocycles. The minimum Gasteiger partial charge on any atom is -0.489 e. The number of benzene rings is 1. The first-order valence-corrected chi connectivity index (χ1v) is 9.48. The van der Waals surface area contributed by atoms with Crippen LogP contribution in [-0.4, -0.2) is 38.8 Å². The maximum absolute atomic E-state index is 12.5. The lowest BCUT2D eigenvalue weighted by Gasteiger charge is -2.28. The zero-order chi connectivity index (χ0) is 18.1. The Hall–Kier alpha value is -1.01. The third-order valence-electron chi connectivity index (χ3n) is 4.55. The second-order valence-electron chi connectivity index (χ2n) is 6.52. The maximum atomic E-state index is 12.5. The SMILES string of the molecule is CCOCCOc1ccc(Cl)cc1NC(=O)CC(C)C1CCCNC1.Cl. The highest BCUT2D eigenvalue weighted by Gasteiger charge is 2.22. The van der Waals surface area contributed by atoms with Crippen molar-refractivity contribution in [3.8, 4) is 5.75 Å². The monoisotopic (exact) mass is 404 g/mol. The predicted molar refractivity (Wildman–Crippen MR) is 109 cm³/mol. The summed E-state index contributed by atoms with van der Waals surface area (Å²) in [4.78, 5) is 12.5. The molecule has 1 saturated heterocycles. The summed E-state index contributed by atoms with van der Waals surface area (Å²) >= 11 is 6.07. The average Bonchev–Trinajstić information content (AvgIpc) is 2.61. The van der Waals surface area contributed by atoms with Crippen LogP contribution in [0.5, 0.6) is 5.75 Å². The Morgan fingerprint density at radius 2 is 2.23 bits per heavy atom. The summed E-state index contributed by atoms with van der Waals surface area (Å²) < 4.78 is 11.0. The van der Waals surface area contributed by atoms with Crippen molar-refractivity contribution < 1.29 is 14.3 Å². The van der Waals surface area contributed by atoms with Crippen molar-refractivity contribution in [3.63, 3.8) is 0 Å². The van der Waals surface area contributed by atoms with Gasteiger partial charge >= 0.3 is 0 Å². The number of carbonyl (C=O) groups is 1. The van der Waals surface area contributed by atoms with E-state index in [1.54, 1.807) is 18.2 Å². The molecule has 1 aromatic rings. The van der Waals surface area contributed by atoms with Crippen LogP contribution in [0.3, 0.4) is 0 Å². The van der Waals surface area contributed by atoms with E-state index in [0.29, 0.717) is 54.5 Å². The number of amides is 1. The van der Waals surface area contributed by atoms with Crippen molar-refractivity contribution in [2.45, 2.75) is 33.1 Å². The number of nitrogens with one attached hydrogen (secondary N) is 2. The van der Waals surface area contributed by atoms with Gasteiger partial charge in [0.25, 0.3) is 0 Å². The molecular formula is C19H30Cl2N2O3. The molecule has 148 valence electrons. The van der Waals surface area contributed by atoms with Crippen molar-refractivity contribution in [1.82, 2.24) is 5.32 Å². The lowest BCUT2D eigenvalue weighted by Crippen LogP contribution is -2.34. The first kappa shape index (κ1) is 23.0.